The quantitative estimate of drug-likeness (QED) is 0.526. The SMILES string of the molecule is COc1ccc(Cl)cc1S(=O)(=O)N(Cc1nc(-c2ccccc2)no1)CC(C)C. The van der Waals surface area contributed by atoms with Crippen molar-refractivity contribution in [3.8, 4) is 17.1 Å². The van der Waals surface area contributed by atoms with E-state index in [1.165, 1.54) is 23.5 Å². The summed E-state index contributed by atoms with van der Waals surface area (Å²) in [5, 5.41) is 4.27. The molecule has 0 saturated carbocycles. The Bertz CT molecular complexity index is 1070. The van der Waals surface area contributed by atoms with E-state index in [2.05, 4.69) is 10.1 Å². The number of aromatic nitrogens is 2. The van der Waals surface area contributed by atoms with Gasteiger partial charge in [-0.3, -0.25) is 0 Å². The molecule has 0 radical (unpaired) electrons. The van der Waals surface area contributed by atoms with E-state index in [1.807, 2.05) is 44.2 Å². The molecule has 0 fully saturated rings. The molecule has 0 aliphatic heterocycles. The summed E-state index contributed by atoms with van der Waals surface area (Å²) in [6.45, 7) is 4.07. The minimum absolute atomic E-state index is 0.00375. The highest BCUT2D eigenvalue weighted by molar-refractivity contribution is 7.89. The van der Waals surface area contributed by atoms with Gasteiger partial charge in [-0.1, -0.05) is 60.9 Å². The van der Waals surface area contributed by atoms with Crippen LogP contribution in [0.25, 0.3) is 11.4 Å². The average Bonchev–Trinajstić information content (AvgIpc) is 3.16. The van der Waals surface area contributed by atoms with Crippen molar-refractivity contribution < 1.29 is 17.7 Å². The summed E-state index contributed by atoms with van der Waals surface area (Å²) in [5.41, 5.74) is 0.789. The van der Waals surface area contributed by atoms with Gasteiger partial charge in [0.2, 0.25) is 21.7 Å². The minimum Gasteiger partial charge on any atom is -0.495 e. The maximum absolute atomic E-state index is 13.4. The first kappa shape index (κ1) is 21.3. The highest BCUT2D eigenvalue weighted by Gasteiger charge is 2.30. The van der Waals surface area contributed by atoms with Crippen LogP contribution in [-0.4, -0.2) is 36.5 Å². The Hall–Kier alpha value is -2.42. The molecule has 3 rings (SSSR count). The summed E-state index contributed by atoms with van der Waals surface area (Å²) >= 11 is 6.04. The van der Waals surface area contributed by atoms with Crippen LogP contribution in [0.3, 0.4) is 0 Å². The van der Waals surface area contributed by atoms with E-state index in [4.69, 9.17) is 20.9 Å². The predicted octanol–water partition coefficient (Wildman–Crippen LogP) is 4.25. The topological polar surface area (TPSA) is 85.5 Å². The first-order chi connectivity index (χ1) is 13.8. The molecule has 0 saturated heterocycles. The van der Waals surface area contributed by atoms with E-state index in [0.29, 0.717) is 10.8 Å². The van der Waals surface area contributed by atoms with Gasteiger partial charge in [0.15, 0.2) is 0 Å². The molecule has 0 aliphatic rings. The van der Waals surface area contributed by atoms with Gasteiger partial charge in [0.1, 0.15) is 10.6 Å². The standard InChI is InChI=1S/C20H22ClN3O4S/c1-14(2)12-24(29(25,26)18-11-16(21)9-10-17(18)27-3)13-19-22-20(23-28-19)15-7-5-4-6-8-15/h4-11,14H,12-13H2,1-3H3. The van der Waals surface area contributed by atoms with Gasteiger partial charge in [0.05, 0.1) is 13.7 Å². The highest BCUT2D eigenvalue weighted by atomic mass is 35.5. The molecule has 0 bridgehead atoms. The minimum atomic E-state index is -3.92. The van der Waals surface area contributed by atoms with E-state index < -0.39 is 10.0 Å². The molecule has 9 heteroatoms. The lowest BCUT2D eigenvalue weighted by molar-refractivity contribution is 0.297. The molecule has 0 aliphatic carbocycles. The van der Waals surface area contributed by atoms with Crippen molar-refractivity contribution in [3.05, 3.63) is 59.4 Å². The largest absolute Gasteiger partial charge is 0.495 e. The monoisotopic (exact) mass is 435 g/mol. The Morgan fingerprint density at radius 2 is 1.90 bits per heavy atom. The normalized spacial score (nSPS) is 11.9. The fourth-order valence-corrected chi connectivity index (χ4v) is 4.79. The molecular formula is C20H22ClN3O4S. The van der Waals surface area contributed by atoms with Gasteiger partial charge in [-0.05, 0) is 24.1 Å². The van der Waals surface area contributed by atoms with Crippen LogP contribution in [0, 0.1) is 5.92 Å². The van der Waals surface area contributed by atoms with Gasteiger partial charge < -0.3 is 9.26 Å². The molecular weight excluding hydrogens is 414 g/mol. The maximum Gasteiger partial charge on any atom is 0.247 e. The average molecular weight is 436 g/mol. The number of halogens is 1. The van der Waals surface area contributed by atoms with Crippen LogP contribution < -0.4 is 4.74 Å². The highest BCUT2D eigenvalue weighted by Crippen LogP contribution is 2.31. The van der Waals surface area contributed by atoms with E-state index >= 15 is 0 Å². The van der Waals surface area contributed by atoms with Crippen molar-refractivity contribution >= 4 is 21.6 Å². The van der Waals surface area contributed by atoms with Gasteiger partial charge in [-0.15, -0.1) is 0 Å². The summed E-state index contributed by atoms with van der Waals surface area (Å²) in [5.74, 6) is 0.905. The van der Waals surface area contributed by atoms with Crippen LogP contribution in [0.5, 0.6) is 5.75 Å². The van der Waals surface area contributed by atoms with Crippen LogP contribution in [-0.2, 0) is 16.6 Å². The summed E-state index contributed by atoms with van der Waals surface area (Å²) in [7, 11) is -2.50. The first-order valence-electron chi connectivity index (χ1n) is 9.03. The summed E-state index contributed by atoms with van der Waals surface area (Å²) in [6.07, 6.45) is 0. The van der Waals surface area contributed by atoms with Gasteiger partial charge in [0, 0.05) is 17.1 Å². The molecule has 1 heterocycles. The van der Waals surface area contributed by atoms with Crippen molar-refractivity contribution in [1.82, 2.24) is 14.4 Å². The lowest BCUT2D eigenvalue weighted by Gasteiger charge is -2.23. The first-order valence-corrected chi connectivity index (χ1v) is 10.8. The van der Waals surface area contributed by atoms with E-state index in [1.54, 1.807) is 6.07 Å². The number of hydrogen-bond donors (Lipinski definition) is 0. The number of methoxy groups -OCH3 is 1. The van der Waals surface area contributed by atoms with Crippen LogP contribution in [0.15, 0.2) is 57.9 Å². The third-order valence-corrected chi connectivity index (χ3v) is 6.19. The molecule has 29 heavy (non-hydrogen) atoms. The third-order valence-electron chi connectivity index (χ3n) is 4.12. The smallest absolute Gasteiger partial charge is 0.247 e. The molecule has 0 spiro atoms. The Kier molecular flexibility index (Phi) is 6.56. The molecule has 154 valence electrons. The zero-order valence-electron chi connectivity index (χ0n) is 16.4. The predicted molar refractivity (Wildman–Crippen MR) is 110 cm³/mol. The second-order valence-electron chi connectivity index (χ2n) is 6.86. The van der Waals surface area contributed by atoms with Crippen molar-refractivity contribution in [2.45, 2.75) is 25.3 Å². The zero-order valence-corrected chi connectivity index (χ0v) is 17.9. The number of nitrogens with zero attached hydrogens (tertiary/aromatic N) is 3. The third kappa shape index (κ3) is 4.95. The number of ether oxygens (including phenoxy) is 1. The fourth-order valence-electron chi connectivity index (χ4n) is 2.82. The molecule has 7 nitrogen and oxygen atoms in total. The molecule has 2 aromatic carbocycles. The molecule has 3 aromatic rings. The van der Waals surface area contributed by atoms with E-state index in [9.17, 15) is 8.42 Å². The fraction of sp³-hybridized carbons (Fsp3) is 0.300. The lowest BCUT2D eigenvalue weighted by atomic mass is 10.2. The van der Waals surface area contributed by atoms with Gasteiger partial charge in [-0.2, -0.15) is 9.29 Å². The molecule has 0 amide bonds. The van der Waals surface area contributed by atoms with Crippen LogP contribution in [0.2, 0.25) is 5.02 Å². The second kappa shape index (κ2) is 8.94. The van der Waals surface area contributed by atoms with E-state index in [0.717, 1.165) is 5.56 Å². The van der Waals surface area contributed by atoms with Crippen LogP contribution in [0.4, 0.5) is 0 Å². The van der Waals surface area contributed by atoms with Crippen molar-refractivity contribution in [1.29, 1.82) is 0 Å². The van der Waals surface area contributed by atoms with Crippen molar-refractivity contribution in [2.75, 3.05) is 13.7 Å². The summed E-state index contributed by atoms with van der Waals surface area (Å²) in [6, 6.07) is 13.8. The lowest BCUT2D eigenvalue weighted by Crippen LogP contribution is -2.34. The number of benzene rings is 2. The van der Waals surface area contributed by atoms with Crippen molar-refractivity contribution in [3.63, 3.8) is 0 Å². The Balaban J connectivity index is 1.95. The zero-order chi connectivity index (χ0) is 21.0. The number of sulfonamides is 1. The number of hydrogen-bond acceptors (Lipinski definition) is 6. The van der Waals surface area contributed by atoms with Gasteiger partial charge in [0.25, 0.3) is 0 Å². The molecule has 0 N–H and O–H groups in total. The van der Waals surface area contributed by atoms with E-state index in [-0.39, 0.29) is 35.5 Å². The van der Waals surface area contributed by atoms with Crippen molar-refractivity contribution in [2.24, 2.45) is 5.92 Å². The maximum atomic E-state index is 13.4. The Morgan fingerprint density at radius 1 is 1.17 bits per heavy atom. The summed E-state index contributed by atoms with van der Waals surface area (Å²) in [4.78, 5) is 4.35. The Morgan fingerprint density at radius 3 is 2.55 bits per heavy atom. The number of rotatable bonds is 8. The van der Waals surface area contributed by atoms with Gasteiger partial charge in [-0.25, -0.2) is 8.42 Å². The van der Waals surface area contributed by atoms with Gasteiger partial charge >= 0.3 is 0 Å². The van der Waals surface area contributed by atoms with Crippen LogP contribution in [0.1, 0.15) is 19.7 Å². The second-order valence-corrected chi connectivity index (χ2v) is 9.21. The molecule has 0 unspecified atom stereocenters. The molecule has 0 atom stereocenters. The summed E-state index contributed by atoms with van der Waals surface area (Å²) < 4.78 is 38.6. The Labute approximate surface area is 175 Å². The van der Waals surface area contributed by atoms with Crippen LogP contribution >= 0.6 is 11.6 Å². The molecule has 1 aromatic heterocycles.